The van der Waals surface area contributed by atoms with Crippen molar-refractivity contribution in [2.45, 2.75) is 19.3 Å². The second kappa shape index (κ2) is 7.50. The van der Waals surface area contributed by atoms with E-state index in [0.717, 1.165) is 25.1 Å². The Morgan fingerprint density at radius 3 is 2.39 bits per heavy atom. The van der Waals surface area contributed by atoms with Crippen molar-refractivity contribution in [3.05, 3.63) is 47.0 Å². The zero-order chi connectivity index (χ0) is 20.5. The summed E-state index contributed by atoms with van der Waals surface area (Å²) in [4.78, 5) is 2.07. The van der Waals surface area contributed by atoms with E-state index in [9.17, 15) is 24.6 Å². The summed E-state index contributed by atoms with van der Waals surface area (Å²) >= 11 is 0. The molecule has 3 atom stereocenters. The lowest BCUT2D eigenvalue weighted by molar-refractivity contribution is 0.200. The summed E-state index contributed by atoms with van der Waals surface area (Å²) in [5.74, 6) is -4.55. The van der Waals surface area contributed by atoms with Crippen LogP contribution in [-0.4, -0.2) is 30.2 Å². The summed E-state index contributed by atoms with van der Waals surface area (Å²) in [6.45, 7) is 3.68. The van der Waals surface area contributed by atoms with Crippen LogP contribution in [0.2, 0.25) is 0 Å². The van der Waals surface area contributed by atoms with Crippen molar-refractivity contribution in [3.63, 3.8) is 0 Å². The van der Waals surface area contributed by atoms with E-state index in [1.807, 2.05) is 31.2 Å². The molecule has 1 heterocycles. The molecule has 142 valence electrons. The number of nitriles is 3. The van der Waals surface area contributed by atoms with Gasteiger partial charge in [0.15, 0.2) is 5.41 Å². The van der Waals surface area contributed by atoms with Gasteiger partial charge < -0.3 is 5.41 Å². The van der Waals surface area contributed by atoms with Crippen molar-refractivity contribution in [2.24, 2.45) is 17.3 Å². The number of hydrogen-bond acceptors (Lipinski definition) is 5. The molecule has 1 unspecified atom stereocenters. The zero-order valence-corrected chi connectivity index (χ0v) is 15.4. The monoisotopic (exact) mass is 379 g/mol. The van der Waals surface area contributed by atoms with Crippen LogP contribution in [0.1, 0.15) is 24.8 Å². The van der Waals surface area contributed by atoms with E-state index in [-0.39, 0.29) is 5.56 Å². The molecule has 7 heteroatoms. The van der Waals surface area contributed by atoms with Crippen LogP contribution in [0.3, 0.4) is 0 Å². The summed E-state index contributed by atoms with van der Waals surface area (Å²) in [5, 5.41) is 37.9. The molecule has 0 bridgehead atoms. The SMILES string of the molecule is CCCN1CC=C2C(C#N)C(=N)C(C#N)(C#N)[C@@H](c3c(F)cccc3F)[C@H]2C1. The quantitative estimate of drug-likeness (QED) is 0.812. The van der Waals surface area contributed by atoms with Crippen LogP contribution in [0.4, 0.5) is 8.78 Å². The highest BCUT2D eigenvalue weighted by atomic mass is 19.1. The molecule has 1 aromatic carbocycles. The Hall–Kier alpha value is -3.08. The molecular weight excluding hydrogens is 360 g/mol. The van der Waals surface area contributed by atoms with Crippen molar-refractivity contribution >= 4 is 5.71 Å². The minimum atomic E-state index is -2.11. The summed E-state index contributed by atoms with van der Waals surface area (Å²) < 4.78 is 29.5. The first-order valence-electron chi connectivity index (χ1n) is 9.12. The minimum absolute atomic E-state index is 0.360. The average Bonchev–Trinajstić information content (AvgIpc) is 2.69. The highest BCUT2D eigenvalue weighted by molar-refractivity contribution is 6.00. The van der Waals surface area contributed by atoms with Crippen molar-refractivity contribution in [1.29, 1.82) is 21.2 Å². The first kappa shape index (κ1) is 19.7. The highest BCUT2D eigenvalue weighted by Gasteiger charge is 2.58. The molecule has 1 aliphatic heterocycles. The molecule has 1 saturated carbocycles. The van der Waals surface area contributed by atoms with Crippen LogP contribution in [0.15, 0.2) is 29.8 Å². The molecule has 28 heavy (non-hydrogen) atoms. The van der Waals surface area contributed by atoms with Crippen LogP contribution in [0.25, 0.3) is 0 Å². The molecule has 1 N–H and O–H groups in total. The van der Waals surface area contributed by atoms with E-state index in [1.54, 1.807) is 0 Å². The Morgan fingerprint density at radius 2 is 1.86 bits per heavy atom. The van der Waals surface area contributed by atoms with E-state index in [2.05, 4.69) is 4.90 Å². The molecule has 1 fully saturated rings. The van der Waals surface area contributed by atoms with E-state index < -0.39 is 40.5 Å². The average molecular weight is 379 g/mol. The summed E-state index contributed by atoms with van der Waals surface area (Å²) in [7, 11) is 0. The maximum atomic E-state index is 14.7. The van der Waals surface area contributed by atoms with Crippen LogP contribution < -0.4 is 0 Å². The maximum Gasteiger partial charge on any atom is 0.190 e. The summed E-state index contributed by atoms with van der Waals surface area (Å²) in [5.41, 5.74) is -2.30. The predicted octanol–water partition coefficient (Wildman–Crippen LogP) is 3.52. The van der Waals surface area contributed by atoms with Gasteiger partial charge >= 0.3 is 0 Å². The number of nitrogens with zero attached hydrogens (tertiary/aromatic N) is 4. The molecule has 0 aromatic heterocycles. The van der Waals surface area contributed by atoms with Crippen molar-refractivity contribution < 1.29 is 8.78 Å². The third kappa shape index (κ3) is 2.78. The molecule has 0 saturated heterocycles. The van der Waals surface area contributed by atoms with Crippen LogP contribution in [0, 0.1) is 68.3 Å². The first-order chi connectivity index (χ1) is 13.4. The number of fused-ring (bicyclic) bond motifs is 1. The zero-order valence-electron chi connectivity index (χ0n) is 15.4. The largest absolute Gasteiger partial charge is 0.305 e. The van der Waals surface area contributed by atoms with Crippen molar-refractivity contribution in [3.8, 4) is 18.2 Å². The van der Waals surface area contributed by atoms with E-state index in [1.165, 1.54) is 6.07 Å². The van der Waals surface area contributed by atoms with Crippen LogP contribution in [0.5, 0.6) is 0 Å². The van der Waals surface area contributed by atoms with Gasteiger partial charge in [0.25, 0.3) is 0 Å². The minimum Gasteiger partial charge on any atom is -0.305 e. The van der Waals surface area contributed by atoms with Gasteiger partial charge in [-0.15, -0.1) is 0 Å². The van der Waals surface area contributed by atoms with Gasteiger partial charge in [-0.05, 0) is 30.7 Å². The van der Waals surface area contributed by atoms with Gasteiger partial charge in [-0.2, -0.15) is 15.8 Å². The number of benzene rings is 1. The van der Waals surface area contributed by atoms with Gasteiger partial charge in [0.2, 0.25) is 0 Å². The van der Waals surface area contributed by atoms with Crippen LogP contribution >= 0.6 is 0 Å². The number of rotatable bonds is 3. The lowest BCUT2D eigenvalue weighted by atomic mass is 9.54. The van der Waals surface area contributed by atoms with Gasteiger partial charge in [0.1, 0.15) is 17.6 Å². The van der Waals surface area contributed by atoms with Crippen molar-refractivity contribution in [1.82, 2.24) is 4.90 Å². The van der Waals surface area contributed by atoms with Gasteiger partial charge in [0, 0.05) is 30.5 Å². The van der Waals surface area contributed by atoms with E-state index in [0.29, 0.717) is 18.7 Å². The Morgan fingerprint density at radius 1 is 1.21 bits per heavy atom. The molecule has 0 spiro atoms. The summed E-state index contributed by atoms with van der Waals surface area (Å²) in [6, 6.07) is 9.13. The molecule has 1 aliphatic carbocycles. The molecule has 3 rings (SSSR count). The maximum absolute atomic E-state index is 14.7. The van der Waals surface area contributed by atoms with Gasteiger partial charge in [-0.1, -0.05) is 19.1 Å². The third-order valence-corrected chi connectivity index (χ3v) is 5.72. The fourth-order valence-corrected chi connectivity index (χ4v) is 4.49. The number of nitrogens with one attached hydrogen (secondary N) is 1. The molecule has 0 amide bonds. The van der Waals surface area contributed by atoms with E-state index in [4.69, 9.17) is 5.41 Å². The predicted molar refractivity (Wildman–Crippen MR) is 97.9 cm³/mol. The van der Waals surface area contributed by atoms with E-state index >= 15 is 0 Å². The van der Waals surface area contributed by atoms with Crippen molar-refractivity contribution in [2.75, 3.05) is 19.6 Å². The molecule has 5 nitrogen and oxygen atoms in total. The Balaban J connectivity index is 2.29. The highest BCUT2D eigenvalue weighted by Crippen LogP contribution is 2.54. The second-order valence-electron chi connectivity index (χ2n) is 7.19. The fraction of sp³-hybridized carbons (Fsp3) is 0.429. The third-order valence-electron chi connectivity index (χ3n) is 5.72. The lowest BCUT2D eigenvalue weighted by Gasteiger charge is -2.47. The smallest absolute Gasteiger partial charge is 0.190 e. The lowest BCUT2D eigenvalue weighted by Crippen LogP contribution is -2.53. The topological polar surface area (TPSA) is 98.5 Å². The Labute approximate surface area is 162 Å². The van der Waals surface area contributed by atoms with Gasteiger partial charge in [-0.3, -0.25) is 4.90 Å². The second-order valence-corrected chi connectivity index (χ2v) is 7.19. The Bertz CT molecular complexity index is 928. The van der Waals surface area contributed by atoms with Gasteiger partial charge in [-0.25, -0.2) is 8.78 Å². The molecule has 0 radical (unpaired) electrons. The normalized spacial score (nSPS) is 26.4. The van der Waals surface area contributed by atoms with Gasteiger partial charge in [0.05, 0.1) is 23.9 Å². The first-order valence-corrected chi connectivity index (χ1v) is 9.12. The summed E-state index contributed by atoms with van der Waals surface area (Å²) in [6.07, 6.45) is 2.68. The molecular formula is C21H19F2N5. The number of hydrogen-bond donors (Lipinski definition) is 1. The standard InChI is InChI=1S/C21H19F2N5/c1-2-7-28-8-6-13-14(9-24)20(27)21(11-25,12-26)19(15(13)10-28)18-16(22)4-3-5-17(18)23/h3-6,14-15,19,27H,2,7-8,10H2,1H3/t14?,15-,19+/m0/s1. The van der Waals surface area contributed by atoms with Crippen LogP contribution in [-0.2, 0) is 0 Å². The molecule has 1 aromatic rings. The fourth-order valence-electron chi connectivity index (χ4n) is 4.49. The Kier molecular flexibility index (Phi) is 5.27. The number of halogens is 2. The molecule has 2 aliphatic rings.